The Morgan fingerprint density at radius 2 is 1.68 bits per heavy atom. The van der Waals surface area contributed by atoms with E-state index in [0.717, 1.165) is 12.8 Å². The minimum absolute atomic E-state index is 0.162. The highest BCUT2D eigenvalue weighted by Gasteiger charge is 2.24. The summed E-state index contributed by atoms with van der Waals surface area (Å²) in [5.41, 5.74) is -0.465. The van der Waals surface area contributed by atoms with Gasteiger partial charge in [-0.25, -0.2) is 9.59 Å². The van der Waals surface area contributed by atoms with Crippen LogP contribution in [0.4, 0.5) is 4.79 Å². The number of ether oxygens (including phenoxy) is 1. The van der Waals surface area contributed by atoms with Crippen LogP contribution in [0, 0.1) is 5.41 Å². The van der Waals surface area contributed by atoms with E-state index in [-0.39, 0.29) is 5.41 Å². The molecule has 0 aromatic heterocycles. The Hall–Kier alpha value is -1.26. The fourth-order valence-corrected chi connectivity index (χ4v) is 1.54. The molecule has 1 atom stereocenters. The zero-order valence-electron chi connectivity index (χ0n) is 12.9. The number of hydrogen-bond donors (Lipinski definition) is 2. The molecule has 0 aliphatic rings. The highest BCUT2D eigenvalue weighted by atomic mass is 16.6. The maximum atomic E-state index is 11.5. The van der Waals surface area contributed by atoms with Crippen molar-refractivity contribution in [2.24, 2.45) is 5.41 Å². The number of aliphatic carboxylic acids is 1. The van der Waals surface area contributed by atoms with E-state index in [4.69, 9.17) is 9.84 Å². The number of carboxylic acid groups (broad SMARTS) is 1. The molecule has 0 heterocycles. The molecule has 0 saturated heterocycles. The number of amides is 1. The maximum Gasteiger partial charge on any atom is 0.408 e. The molecule has 0 fully saturated rings. The van der Waals surface area contributed by atoms with Crippen LogP contribution in [0.3, 0.4) is 0 Å². The molecule has 0 aromatic rings. The molecule has 0 saturated carbocycles. The minimum atomic E-state index is -1.03. The second kappa shape index (κ2) is 6.78. The lowest BCUT2D eigenvalue weighted by molar-refractivity contribution is -0.139. The third-order valence-corrected chi connectivity index (χ3v) is 2.41. The first-order valence-electron chi connectivity index (χ1n) is 6.63. The highest BCUT2D eigenvalue weighted by Crippen LogP contribution is 2.22. The lowest BCUT2D eigenvalue weighted by Crippen LogP contribution is -2.43. The van der Waals surface area contributed by atoms with E-state index in [1.807, 2.05) is 0 Å². The average Bonchev–Trinajstić information content (AvgIpc) is 2.10. The van der Waals surface area contributed by atoms with Crippen LogP contribution in [-0.2, 0) is 9.53 Å². The van der Waals surface area contributed by atoms with Gasteiger partial charge in [0, 0.05) is 0 Å². The summed E-state index contributed by atoms with van der Waals surface area (Å²) in [6.07, 6.45) is 1.38. The van der Waals surface area contributed by atoms with Crippen LogP contribution in [0.1, 0.15) is 60.8 Å². The summed E-state index contributed by atoms with van der Waals surface area (Å²) >= 11 is 0. The zero-order valence-corrected chi connectivity index (χ0v) is 12.9. The van der Waals surface area contributed by atoms with Crippen molar-refractivity contribution in [3.8, 4) is 0 Å². The summed E-state index contributed by atoms with van der Waals surface area (Å²) in [4.78, 5) is 22.6. The van der Waals surface area contributed by atoms with E-state index >= 15 is 0 Å². The number of nitrogens with one attached hydrogen (secondary N) is 1. The van der Waals surface area contributed by atoms with E-state index in [2.05, 4.69) is 26.1 Å². The molecule has 0 rings (SSSR count). The van der Waals surface area contributed by atoms with E-state index in [1.165, 1.54) is 0 Å². The Balaban J connectivity index is 4.28. The smallest absolute Gasteiger partial charge is 0.408 e. The van der Waals surface area contributed by atoms with Gasteiger partial charge in [0.05, 0.1) is 0 Å². The van der Waals surface area contributed by atoms with Crippen LogP contribution >= 0.6 is 0 Å². The summed E-state index contributed by atoms with van der Waals surface area (Å²) in [5, 5.41) is 11.5. The third kappa shape index (κ3) is 10.4. The first kappa shape index (κ1) is 17.7. The normalized spacial score (nSPS) is 13.8. The molecule has 112 valence electrons. The Bertz CT molecular complexity index is 312. The molecule has 5 nitrogen and oxygen atoms in total. The minimum Gasteiger partial charge on any atom is -0.480 e. The second-order valence-electron chi connectivity index (χ2n) is 6.99. The van der Waals surface area contributed by atoms with Crippen LogP contribution < -0.4 is 5.32 Å². The van der Waals surface area contributed by atoms with E-state index < -0.39 is 23.7 Å². The van der Waals surface area contributed by atoms with Crippen molar-refractivity contribution in [3.05, 3.63) is 0 Å². The van der Waals surface area contributed by atoms with Crippen LogP contribution in [0.15, 0.2) is 0 Å². The van der Waals surface area contributed by atoms with Crippen LogP contribution in [0.5, 0.6) is 0 Å². The van der Waals surface area contributed by atoms with Gasteiger partial charge in [-0.3, -0.25) is 0 Å². The topological polar surface area (TPSA) is 75.6 Å². The predicted octanol–water partition coefficient (Wildman–Crippen LogP) is 3.18. The maximum absolute atomic E-state index is 11.5. The largest absolute Gasteiger partial charge is 0.480 e. The Morgan fingerprint density at radius 3 is 2.05 bits per heavy atom. The quantitative estimate of drug-likeness (QED) is 0.806. The summed E-state index contributed by atoms with van der Waals surface area (Å²) in [5.74, 6) is -1.03. The fraction of sp³-hybridized carbons (Fsp3) is 0.857. The van der Waals surface area contributed by atoms with Crippen molar-refractivity contribution in [2.45, 2.75) is 72.4 Å². The molecule has 5 heteroatoms. The highest BCUT2D eigenvalue weighted by molar-refractivity contribution is 5.79. The van der Waals surface area contributed by atoms with Crippen molar-refractivity contribution in [3.63, 3.8) is 0 Å². The number of alkyl carbamates (subject to hydrolysis) is 1. The number of rotatable bonds is 5. The molecule has 0 aromatic carbocycles. The molecule has 0 aliphatic carbocycles. The van der Waals surface area contributed by atoms with E-state index in [0.29, 0.717) is 6.42 Å². The van der Waals surface area contributed by atoms with Gasteiger partial charge < -0.3 is 15.2 Å². The lowest BCUT2D eigenvalue weighted by Gasteiger charge is -2.23. The van der Waals surface area contributed by atoms with Crippen molar-refractivity contribution in [2.75, 3.05) is 0 Å². The second-order valence-corrected chi connectivity index (χ2v) is 6.99. The number of hydrogen-bond acceptors (Lipinski definition) is 3. The molecule has 2 N–H and O–H groups in total. The van der Waals surface area contributed by atoms with E-state index in [9.17, 15) is 9.59 Å². The van der Waals surface area contributed by atoms with Gasteiger partial charge in [0.25, 0.3) is 0 Å². The van der Waals surface area contributed by atoms with Crippen molar-refractivity contribution >= 4 is 12.1 Å². The van der Waals surface area contributed by atoms with Gasteiger partial charge in [-0.15, -0.1) is 0 Å². The van der Waals surface area contributed by atoms with Crippen molar-refractivity contribution in [1.29, 1.82) is 0 Å². The van der Waals surface area contributed by atoms with Gasteiger partial charge in [0.1, 0.15) is 11.6 Å². The average molecular weight is 273 g/mol. The molecule has 0 aliphatic heterocycles. The third-order valence-electron chi connectivity index (χ3n) is 2.41. The van der Waals surface area contributed by atoms with Gasteiger partial charge >= 0.3 is 12.1 Å². The molecule has 0 radical (unpaired) electrons. The standard InChI is InChI=1S/C14H27NO4/c1-13(2,3)9-7-8-10(11(16)17)15-12(18)19-14(4,5)6/h10H,7-9H2,1-6H3,(H,15,18)(H,16,17)/t10-/m1/s1. The Morgan fingerprint density at radius 1 is 1.16 bits per heavy atom. The molecule has 0 bridgehead atoms. The summed E-state index contributed by atoms with van der Waals surface area (Å²) in [7, 11) is 0. The lowest BCUT2D eigenvalue weighted by atomic mass is 9.89. The molecule has 1 amide bonds. The Labute approximate surface area is 115 Å². The van der Waals surface area contributed by atoms with Crippen LogP contribution in [0.25, 0.3) is 0 Å². The first-order valence-corrected chi connectivity index (χ1v) is 6.63. The molecular formula is C14H27NO4. The first-order chi connectivity index (χ1) is 8.41. The van der Waals surface area contributed by atoms with Gasteiger partial charge in [-0.1, -0.05) is 27.2 Å². The number of carbonyl (C=O) groups is 2. The number of carbonyl (C=O) groups excluding carboxylic acids is 1. The molecule has 0 spiro atoms. The monoisotopic (exact) mass is 273 g/mol. The SMILES string of the molecule is CC(C)(C)CCC[C@@H](NC(=O)OC(C)(C)C)C(=O)O. The van der Waals surface area contributed by atoms with Crippen molar-refractivity contribution < 1.29 is 19.4 Å². The van der Waals surface area contributed by atoms with Gasteiger partial charge in [-0.2, -0.15) is 0 Å². The van der Waals surface area contributed by atoms with E-state index in [1.54, 1.807) is 20.8 Å². The molecule has 19 heavy (non-hydrogen) atoms. The fourth-order valence-electron chi connectivity index (χ4n) is 1.54. The Kier molecular flexibility index (Phi) is 6.33. The van der Waals surface area contributed by atoms with Gasteiger partial charge in [-0.05, 0) is 39.0 Å². The summed E-state index contributed by atoms with van der Waals surface area (Å²) in [6, 6.07) is -0.891. The van der Waals surface area contributed by atoms with Gasteiger partial charge in [0.15, 0.2) is 0 Å². The number of carboxylic acids is 1. The summed E-state index contributed by atoms with van der Waals surface area (Å²) in [6.45, 7) is 11.5. The summed E-state index contributed by atoms with van der Waals surface area (Å²) < 4.78 is 5.05. The zero-order chi connectivity index (χ0) is 15.3. The van der Waals surface area contributed by atoms with Crippen LogP contribution in [0.2, 0.25) is 0 Å². The predicted molar refractivity (Wildman–Crippen MR) is 74.1 cm³/mol. The van der Waals surface area contributed by atoms with Crippen molar-refractivity contribution in [1.82, 2.24) is 5.32 Å². The molecule has 0 unspecified atom stereocenters. The molecular weight excluding hydrogens is 246 g/mol. The van der Waals surface area contributed by atoms with Gasteiger partial charge in [0.2, 0.25) is 0 Å². The van der Waals surface area contributed by atoms with Crippen LogP contribution in [-0.4, -0.2) is 28.8 Å².